The molecule has 0 saturated carbocycles. The summed E-state index contributed by atoms with van der Waals surface area (Å²) in [5.74, 6) is 0.421. The van der Waals surface area contributed by atoms with Crippen molar-refractivity contribution in [2.45, 2.75) is 13.5 Å². The third-order valence-corrected chi connectivity index (χ3v) is 3.82. The van der Waals surface area contributed by atoms with Crippen molar-refractivity contribution < 1.29 is 13.9 Å². The van der Waals surface area contributed by atoms with E-state index < -0.39 is 0 Å². The van der Waals surface area contributed by atoms with Gasteiger partial charge in [-0.3, -0.25) is 5.43 Å². The van der Waals surface area contributed by atoms with Gasteiger partial charge < -0.3 is 14.8 Å². The fourth-order valence-corrected chi connectivity index (χ4v) is 2.56. The SMILES string of the molecule is CCNC(=S)NN=Cc1cc(Cl)c(OCc2ccccc2F)c(OC)c1. The summed E-state index contributed by atoms with van der Waals surface area (Å²) in [5.41, 5.74) is 3.81. The van der Waals surface area contributed by atoms with Gasteiger partial charge in [-0.25, -0.2) is 4.39 Å². The van der Waals surface area contributed by atoms with Gasteiger partial charge >= 0.3 is 0 Å². The van der Waals surface area contributed by atoms with Crippen molar-refractivity contribution in [3.63, 3.8) is 0 Å². The third-order valence-electron chi connectivity index (χ3n) is 3.30. The summed E-state index contributed by atoms with van der Waals surface area (Å²) in [7, 11) is 1.50. The lowest BCUT2D eigenvalue weighted by molar-refractivity contribution is 0.280. The van der Waals surface area contributed by atoms with E-state index in [1.54, 1.807) is 36.5 Å². The van der Waals surface area contributed by atoms with Crippen LogP contribution in [0, 0.1) is 5.82 Å². The van der Waals surface area contributed by atoms with E-state index in [2.05, 4.69) is 15.8 Å². The van der Waals surface area contributed by atoms with Gasteiger partial charge in [0, 0.05) is 12.1 Å². The summed E-state index contributed by atoms with van der Waals surface area (Å²) in [6, 6.07) is 9.77. The van der Waals surface area contributed by atoms with Crippen molar-refractivity contribution in [1.29, 1.82) is 0 Å². The number of ether oxygens (including phenoxy) is 2. The Kier molecular flexibility index (Phi) is 7.62. The van der Waals surface area contributed by atoms with Crippen molar-refractivity contribution in [1.82, 2.24) is 10.7 Å². The van der Waals surface area contributed by atoms with Crippen molar-refractivity contribution in [3.8, 4) is 11.5 Å². The van der Waals surface area contributed by atoms with Crippen molar-refractivity contribution in [2.75, 3.05) is 13.7 Å². The molecule has 2 aromatic carbocycles. The highest BCUT2D eigenvalue weighted by atomic mass is 35.5. The number of nitrogens with one attached hydrogen (secondary N) is 2. The van der Waals surface area contributed by atoms with E-state index in [-0.39, 0.29) is 12.4 Å². The fraction of sp³-hybridized carbons (Fsp3) is 0.222. The average Bonchev–Trinajstić information content (AvgIpc) is 2.62. The Balaban J connectivity index is 2.12. The fourth-order valence-electron chi connectivity index (χ4n) is 2.09. The van der Waals surface area contributed by atoms with E-state index in [1.165, 1.54) is 13.2 Å². The van der Waals surface area contributed by atoms with Crippen molar-refractivity contribution in [3.05, 3.63) is 58.4 Å². The molecular weight excluding hydrogens is 377 g/mol. The number of hydrazone groups is 1. The molecular formula is C18H19ClFN3O2S. The molecule has 0 aliphatic heterocycles. The monoisotopic (exact) mass is 395 g/mol. The number of halogens is 2. The van der Waals surface area contributed by atoms with Crippen LogP contribution >= 0.6 is 23.8 Å². The molecule has 5 nitrogen and oxygen atoms in total. The van der Waals surface area contributed by atoms with E-state index in [1.807, 2.05) is 6.92 Å². The van der Waals surface area contributed by atoms with E-state index in [4.69, 9.17) is 33.3 Å². The van der Waals surface area contributed by atoms with Crippen molar-refractivity contribution >= 4 is 35.1 Å². The highest BCUT2D eigenvalue weighted by Crippen LogP contribution is 2.36. The molecule has 2 N–H and O–H groups in total. The topological polar surface area (TPSA) is 54.9 Å². The molecule has 26 heavy (non-hydrogen) atoms. The molecule has 8 heteroatoms. The van der Waals surface area contributed by atoms with Gasteiger partial charge in [-0.2, -0.15) is 5.10 Å². The first-order chi connectivity index (χ1) is 12.5. The second-order valence-electron chi connectivity index (χ2n) is 5.14. The molecule has 0 radical (unpaired) electrons. The standard InChI is InChI=1S/C18H19ClFN3O2S/c1-3-21-18(26)23-22-10-12-8-14(19)17(16(9-12)24-2)25-11-13-6-4-5-7-15(13)20/h4-10H,3,11H2,1-2H3,(H2,21,23,26). The Morgan fingerprint density at radius 3 is 2.81 bits per heavy atom. The average molecular weight is 396 g/mol. The molecule has 0 amide bonds. The van der Waals surface area contributed by atoms with E-state index in [0.717, 1.165) is 0 Å². The zero-order valence-corrected chi connectivity index (χ0v) is 16.0. The molecule has 0 bridgehead atoms. The smallest absolute Gasteiger partial charge is 0.186 e. The largest absolute Gasteiger partial charge is 0.493 e. The number of hydrogen-bond acceptors (Lipinski definition) is 4. The molecule has 0 heterocycles. The number of hydrogen-bond donors (Lipinski definition) is 2. The van der Waals surface area contributed by atoms with Gasteiger partial charge in [-0.05, 0) is 42.9 Å². The molecule has 0 aromatic heterocycles. The zero-order valence-electron chi connectivity index (χ0n) is 14.4. The summed E-state index contributed by atoms with van der Waals surface area (Å²) in [5, 5.41) is 7.70. The Morgan fingerprint density at radius 1 is 1.35 bits per heavy atom. The number of nitrogens with zero attached hydrogens (tertiary/aromatic N) is 1. The maximum Gasteiger partial charge on any atom is 0.186 e. The van der Waals surface area contributed by atoms with Gasteiger partial charge in [0.1, 0.15) is 12.4 Å². The Hall–Kier alpha value is -2.38. The zero-order chi connectivity index (χ0) is 18.9. The van der Waals surface area contributed by atoms with Crippen LogP contribution in [-0.4, -0.2) is 25.0 Å². The summed E-state index contributed by atoms with van der Waals surface area (Å²) < 4.78 is 24.7. The van der Waals surface area contributed by atoms with E-state index in [0.29, 0.717) is 39.3 Å². The lowest BCUT2D eigenvalue weighted by atomic mass is 10.2. The minimum Gasteiger partial charge on any atom is -0.493 e. The van der Waals surface area contributed by atoms with Gasteiger partial charge in [0.2, 0.25) is 0 Å². The van der Waals surface area contributed by atoms with Gasteiger partial charge in [0.15, 0.2) is 16.6 Å². The molecule has 0 unspecified atom stereocenters. The molecule has 0 spiro atoms. The van der Waals surface area contributed by atoms with Crippen LogP contribution in [0.2, 0.25) is 5.02 Å². The first kappa shape index (κ1) is 19.9. The van der Waals surface area contributed by atoms with Gasteiger partial charge in [-0.1, -0.05) is 29.8 Å². The predicted molar refractivity (Wildman–Crippen MR) is 106 cm³/mol. The lowest BCUT2D eigenvalue weighted by Gasteiger charge is -2.13. The van der Waals surface area contributed by atoms with Crippen LogP contribution in [0.25, 0.3) is 0 Å². The summed E-state index contributed by atoms with van der Waals surface area (Å²) in [6.07, 6.45) is 1.55. The molecule has 2 aromatic rings. The van der Waals surface area contributed by atoms with Crippen LogP contribution in [0.4, 0.5) is 4.39 Å². The Morgan fingerprint density at radius 2 is 2.12 bits per heavy atom. The van der Waals surface area contributed by atoms with E-state index in [9.17, 15) is 4.39 Å². The Bertz CT molecular complexity index is 802. The highest BCUT2D eigenvalue weighted by Gasteiger charge is 2.13. The summed E-state index contributed by atoms with van der Waals surface area (Å²) in [4.78, 5) is 0. The second-order valence-corrected chi connectivity index (χ2v) is 5.96. The summed E-state index contributed by atoms with van der Waals surface area (Å²) >= 11 is 11.3. The normalized spacial score (nSPS) is 10.6. The highest BCUT2D eigenvalue weighted by molar-refractivity contribution is 7.80. The van der Waals surface area contributed by atoms with Crippen LogP contribution in [0.15, 0.2) is 41.5 Å². The number of benzene rings is 2. The molecule has 2 rings (SSSR count). The molecule has 138 valence electrons. The predicted octanol–water partition coefficient (Wildman–Crippen LogP) is 3.88. The van der Waals surface area contributed by atoms with Crippen molar-refractivity contribution in [2.24, 2.45) is 5.10 Å². The molecule has 0 saturated heterocycles. The first-order valence-corrected chi connectivity index (χ1v) is 8.64. The van der Waals surface area contributed by atoms with Crippen LogP contribution in [0.5, 0.6) is 11.5 Å². The van der Waals surface area contributed by atoms with Crippen LogP contribution in [0.3, 0.4) is 0 Å². The maximum atomic E-state index is 13.7. The van der Waals surface area contributed by atoms with Crippen LogP contribution in [0.1, 0.15) is 18.1 Å². The van der Waals surface area contributed by atoms with E-state index >= 15 is 0 Å². The van der Waals surface area contributed by atoms with Gasteiger partial charge in [0.25, 0.3) is 0 Å². The number of methoxy groups -OCH3 is 1. The molecule has 0 atom stereocenters. The number of rotatable bonds is 7. The van der Waals surface area contributed by atoms with Crippen LogP contribution < -0.4 is 20.2 Å². The third kappa shape index (κ3) is 5.57. The maximum absolute atomic E-state index is 13.7. The minimum atomic E-state index is -0.339. The minimum absolute atomic E-state index is 0.0364. The van der Waals surface area contributed by atoms with Crippen LogP contribution in [-0.2, 0) is 6.61 Å². The lowest BCUT2D eigenvalue weighted by Crippen LogP contribution is -2.31. The first-order valence-electron chi connectivity index (χ1n) is 7.85. The number of thiocarbonyl (C=S) groups is 1. The van der Waals surface area contributed by atoms with Gasteiger partial charge in [-0.15, -0.1) is 0 Å². The molecule has 0 fully saturated rings. The quantitative estimate of drug-likeness (QED) is 0.423. The second kappa shape index (κ2) is 9.94. The molecule has 0 aliphatic carbocycles. The molecule has 0 aliphatic rings. The Labute approximate surface area is 162 Å². The summed E-state index contributed by atoms with van der Waals surface area (Å²) in [6.45, 7) is 2.67. The van der Waals surface area contributed by atoms with Gasteiger partial charge in [0.05, 0.1) is 18.3 Å².